The van der Waals surface area contributed by atoms with E-state index in [1.807, 2.05) is 20.8 Å². The van der Waals surface area contributed by atoms with Crippen molar-refractivity contribution in [1.82, 2.24) is 10.2 Å². The Morgan fingerprint density at radius 1 is 1.39 bits per heavy atom. The first-order chi connectivity index (χ1) is 8.31. The SMILES string of the molecule is CC#CC(=O)N[C@H]1CCN(C(=O)OC(C)(C)C)C1. The minimum absolute atomic E-state index is 0.0362. The molecule has 0 spiro atoms. The lowest BCUT2D eigenvalue weighted by molar-refractivity contribution is -0.116. The van der Waals surface area contributed by atoms with Crippen molar-refractivity contribution in [2.75, 3.05) is 13.1 Å². The molecule has 0 saturated carbocycles. The molecule has 1 atom stereocenters. The third-order valence-corrected chi connectivity index (χ3v) is 2.41. The Balaban J connectivity index is 2.43. The molecule has 1 rings (SSSR count). The summed E-state index contributed by atoms with van der Waals surface area (Å²) < 4.78 is 5.27. The van der Waals surface area contributed by atoms with E-state index < -0.39 is 5.60 Å². The average Bonchev–Trinajstić information content (AvgIpc) is 2.63. The van der Waals surface area contributed by atoms with Crippen LogP contribution in [0.15, 0.2) is 0 Å². The third kappa shape index (κ3) is 4.66. The van der Waals surface area contributed by atoms with Crippen molar-refractivity contribution in [2.45, 2.75) is 45.8 Å². The van der Waals surface area contributed by atoms with Crippen molar-refractivity contribution in [3.63, 3.8) is 0 Å². The highest BCUT2D eigenvalue weighted by Crippen LogP contribution is 2.15. The van der Waals surface area contributed by atoms with Gasteiger partial charge in [0.2, 0.25) is 0 Å². The molecule has 1 saturated heterocycles. The molecular formula is C13H20N2O3. The van der Waals surface area contributed by atoms with Gasteiger partial charge in [0.15, 0.2) is 0 Å². The second-order valence-electron chi connectivity index (χ2n) is 5.26. The lowest BCUT2D eigenvalue weighted by atomic mass is 10.2. The minimum Gasteiger partial charge on any atom is -0.444 e. The highest BCUT2D eigenvalue weighted by molar-refractivity contribution is 5.93. The van der Waals surface area contributed by atoms with E-state index in [-0.39, 0.29) is 18.0 Å². The smallest absolute Gasteiger partial charge is 0.410 e. The van der Waals surface area contributed by atoms with E-state index in [1.54, 1.807) is 11.8 Å². The number of nitrogens with zero attached hydrogens (tertiary/aromatic N) is 1. The molecule has 0 unspecified atom stereocenters. The lowest BCUT2D eigenvalue weighted by Crippen LogP contribution is -2.39. The maximum Gasteiger partial charge on any atom is 0.410 e. The molecule has 1 aliphatic rings. The molecule has 1 N–H and O–H groups in total. The number of carbonyl (C=O) groups is 2. The van der Waals surface area contributed by atoms with Gasteiger partial charge in [0.05, 0.1) is 0 Å². The fourth-order valence-corrected chi connectivity index (χ4v) is 1.71. The Kier molecular flexibility index (Phi) is 4.60. The Labute approximate surface area is 108 Å². The Morgan fingerprint density at radius 3 is 2.61 bits per heavy atom. The number of carbonyl (C=O) groups excluding carboxylic acids is 2. The summed E-state index contributed by atoms with van der Waals surface area (Å²) in [6.07, 6.45) is 0.400. The third-order valence-electron chi connectivity index (χ3n) is 2.41. The highest BCUT2D eigenvalue weighted by atomic mass is 16.6. The molecule has 5 heteroatoms. The van der Waals surface area contributed by atoms with Gasteiger partial charge in [-0.05, 0) is 40.0 Å². The van der Waals surface area contributed by atoms with E-state index >= 15 is 0 Å². The summed E-state index contributed by atoms with van der Waals surface area (Å²) in [5.41, 5.74) is -0.494. The van der Waals surface area contributed by atoms with Crippen LogP contribution in [0.3, 0.4) is 0 Å². The van der Waals surface area contributed by atoms with Crippen LogP contribution in [0.25, 0.3) is 0 Å². The van der Waals surface area contributed by atoms with Crippen LogP contribution >= 0.6 is 0 Å². The second kappa shape index (κ2) is 5.76. The Morgan fingerprint density at radius 2 is 2.06 bits per heavy atom. The molecule has 0 radical (unpaired) electrons. The molecule has 0 aromatic heterocycles. The fraction of sp³-hybridized carbons (Fsp3) is 0.692. The molecule has 0 aromatic rings. The number of hydrogen-bond donors (Lipinski definition) is 1. The Bertz CT molecular complexity index is 387. The number of likely N-dealkylation sites (tertiary alicyclic amines) is 1. The first-order valence-electron chi connectivity index (χ1n) is 6.03. The van der Waals surface area contributed by atoms with E-state index in [1.165, 1.54) is 0 Å². The van der Waals surface area contributed by atoms with Crippen LogP contribution in [0.2, 0.25) is 0 Å². The molecule has 0 aromatic carbocycles. The maximum absolute atomic E-state index is 11.8. The van der Waals surface area contributed by atoms with Crippen molar-refractivity contribution in [3.05, 3.63) is 0 Å². The maximum atomic E-state index is 11.8. The molecule has 0 aliphatic carbocycles. The Hall–Kier alpha value is -1.70. The van der Waals surface area contributed by atoms with E-state index in [4.69, 9.17) is 4.74 Å². The first-order valence-corrected chi connectivity index (χ1v) is 6.03. The number of hydrogen-bond acceptors (Lipinski definition) is 3. The minimum atomic E-state index is -0.494. The van der Waals surface area contributed by atoms with Crippen LogP contribution in [-0.4, -0.2) is 41.6 Å². The largest absolute Gasteiger partial charge is 0.444 e. The van der Waals surface area contributed by atoms with Gasteiger partial charge in [-0.2, -0.15) is 0 Å². The highest BCUT2D eigenvalue weighted by Gasteiger charge is 2.30. The number of amides is 2. The van der Waals surface area contributed by atoms with E-state index in [9.17, 15) is 9.59 Å². The van der Waals surface area contributed by atoms with E-state index in [2.05, 4.69) is 17.2 Å². The summed E-state index contributed by atoms with van der Waals surface area (Å²) in [7, 11) is 0. The molecule has 5 nitrogen and oxygen atoms in total. The van der Waals surface area contributed by atoms with Crippen LogP contribution < -0.4 is 5.32 Å². The normalized spacial score (nSPS) is 18.9. The zero-order chi connectivity index (χ0) is 13.8. The van der Waals surface area contributed by atoms with Gasteiger partial charge < -0.3 is 15.0 Å². The summed E-state index contributed by atoms with van der Waals surface area (Å²) >= 11 is 0. The zero-order valence-electron chi connectivity index (χ0n) is 11.4. The van der Waals surface area contributed by atoms with Gasteiger partial charge in [0.25, 0.3) is 5.91 Å². The molecule has 1 heterocycles. The zero-order valence-corrected chi connectivity index (χ0v) is 11.4. The lowest BCUT2D eigenvalue weighted by Gasteiger charge is -2.24. The summed E-state index contributed by atoms with van der Waals surface area (Å²) in [6.45, 7) is 8.18. The number of rotatable bonds is 1. The molecule has 18 heavy (non-hydrogen) atoms. The van der Waals surface area contributed by atoms with Crippen molar-refractivity contribution in [3.8, 4) is 11.8 Å². The van der Waals surface area contributed by atoms with Crippen LogP contribution in [0, 0.1) is 11.8 Å². The molecule has 1 fully saturated rings. The monoisotopic (exact) mass is 252 g/mol. The predicted molar refractivity (Wildman–Crippen MR) is 67.8 cm³/mol. The summed E-state index contributed by atoms with van der Waals surface area (Å²) in [5.74, 6) is 4.66. The topological polar surface area (TPSA) is 58.6 Å². The second-order valence-corrected chi connectivity index (χ2v) is 5.26. The van der Waals surface area contributed by atoms with Gasteiger partial charge in [0, 0.05) is 19.1 Å². The van der Waals surface area contributed by atoms with Gasteiger partial charge in [-0.3, -0.25) is 4.79 Å². The number of ether oxygens (including phenoxy) is 1. The summed E-state index contributed by atoms with van der Waals surface area (Å²) in [6, 6.07) is -0.0362. The fourth-order valence-electron chi connectivity index (χ4n) is 1.71. The van der Waals surface area contributed by atoms with Gasteiger partial charge in [-0.25, -0.2) is 4.79 Å². The standard InChI is InChI=1S/C13H20N2O3/c1-5-6-11(16)14-10-7-8-15(9-10)12(17)18-13(2,3)4/h10H,7-9H2,1-4H3,(H,14,16)/t10-/m0/s1. The molecule has 2 amide bonds. The predicted octanol–water partition coefficient (Wildman–Crippen LogP) is 1.14. The number of nitrogens with one attached hydrogen (secondary N) is 1. The molecule has 100 valence electrons. The van der Waals surface area contributed by atoms with Crippen molar-refractivity contribution < 1.29 is 14.3 Å². The van der Waals surface area contributed by atoms with Crippen LogP contribution in [-0.2, 0) is 9.53 Å². The molecule has 0 bridgehead atoms. The van der Waals surface area contributed by atoms with Crippen LogP contribution in [0.4, 0.5) is 4.79 Å². The molecule has 1 aliphatic heterocycles. The van der Waals surface area contributed by atoms with E-state index in [0.717, 1.165) is 6.42 Å². The van der Waals surface area contributed by atoms with Crippen molar-refractivity contribution in [2.24, 2.45) is 0 Å². The summed E-state index contributed by atoms with van der Waals surface area (Å²) in [4.78, 5) is 24.7. The average molecular weight is 252 g/mol. The van der Waals surface area contributed by atoms with Crippen LogP contribution in [0.1, 0.15) is 34.1 Å². The first kappa shape index (κ1) is 14.4. The van der Waals surface area contributed by atoms with Gasteiger partial charge in [-0.15, -0.1) is 0 Å². The van der Waals surface area contributed by atoms with Crippen LogP contribution in [0.5, 0.6) is 0 Å². The quantitative estimate of drug-likeness (QED) is 0.712. The van der Waals surface area contributed by atoms with E-state index in [0.29, 0.717) is 13.1 Å². The van der Waals surface area contributed by atoms with Crippen molar-refractivity contribution in [1.29, 1.82) is 0 Å². The van der Waals surface area contributed by atoms with Gasteiger partial charge >= 0.3 is 6.09 Å². The van der Waals surface area contributed by atoms with Gasteiger partial charge in [0.1, 0.15) is 5.60 Å². The van der Waals surface area contributed by atoms with Crippen molar-refractivity contribution >= 4 is 12.0 Å². The van der Waals surface area contributed by atoms with Gasteiger partial charge in [-0.1, -0.05) is 5.92 Å². The molecular weight excluding hydrogens is 232 g/mol. The summed E-state index contributed by atoms with van der Waals surface area (Å²) in [5, 5.41) is 2.77.